The summed E-state index contributed by atoms with van der Waals surface area (Å²) in [4.78, 5) is 2.59. The van der Waals surface area contributed by atoms with E-state index < -0.39 is 0 Å². The molecule has 1 atom stereocenters. The minimum Gasteiger partial charge on any atom is -0.297 e. The van der Waals surface area contributed by atoms with Gasteiger partial charge in [0.2, 0.25) is 0 Å². The molecule has 2 nitrogen and oxygen atoms in total. The molecule has 10 heavy (non-hydrogen) atoms. The lowest BCUT2D eigenvalue weighted by Gasteiger charge is -2.30. The van der Waals surface area contributed by atoms with Gasteiger partial charge in [0.25, 0.3) is 0 Å². The van der Waals surface area contributed by atoms with E-state index in [0.717, 1.165) is 12.6 Å². The fraction of sp³-hybridized carbons (Fsp3) is 1.00. The third kappa shape index (κ3) is 1.32. The van der Waals surface area contributed by atoms with Gasteiger partial charge in [0.1, 0.15) is 0 Å². The van der Waals surface area contributed by atoms with Gasteiger partial charge in [0.05, 0.1) is 0 Å². The van der Waals surface area contributed by atoms with Crippen molar-refractivity contribution in [3.8, 4) is 0 Å². The van der Waals surface area contributed by atoms with Crippen molar-refractivity contribution in [3.05, 3.63) is 0 Å². The summed E-state index contributed by atoms with van der Waals surface area (Å²) in [6, 6.07) is 1.53. The molecular formula is C8H15N2. The maximum absolute atomic E-state index is 4.45. The highest BCUT2D eigenvalue weighted by Crippen LogP contribution is 2.27. The molecule has 0 N–H and O–H groups in total. The first-order chi connectivity index (χ1) is 4.86. The average Bonchev–Trinajstić information content (AvgIpc) is 2.68. The van der Waals surface area contributed by atoms with Crippen LogP contribution in [0.4, 0.5) is 0 Å². The van der Waals surface area contributed by atoms with Gasteiger partial charge >= 0.3 is 0 Å². The van der Waals surface area contributed by atoms with Crippen LogP contribution in [0.25, 0.3) is 0 Å². The van der Waals surface area contributed by atoms with Gasteiger partial charge in [0, 0.05) is 31.7 Å². The van der Waals surface area contributed by atoms with E-state index in [0.29, 0.717) is 6.04 Å². The summed E-state index contributed by atoms with van der Waals surface area (Å²) < 4.78 is 0. The van der Waals surface area contributed by atoms with E-state index >= 15 is 0 Å². The first-order valence-corrected chi connectivity index (χ1v) is 4.27. The molecule has 2 fully saturated rings. The Bertz CT molecular complexity index is 120. The molecule has 0 aromatic carbocycles. The zero-order chi connectivity index (χ0) is 6.97. The van der Waals surface area contributed by atoms with Gasteiger partial charge in [-0.15, -0.1) is 0 Å². The topological polar surface area (TPSA) is 17.3 Å². The van der Waals surface area contributed by atoms with Gasteiger partial charge in [-0.25, -0.2) is 5.32 Å². The maximum Gasteiger partial charge on any atom is 0.0345 e. The molecule has 1 saturated heterocycles. The smallest absolute Gasteiger partial charge is 0.0345 e. The van der Waals surface area contributed by atoms with Crippen LogP contribution in [0.3, 0.4) is 0 Å². The summed E-state index contributed by atoms with van der Waals surface area (Å²) in [7, 11) is 0. The minimum atomic E-state index is 0.592. The van der Waals surface area contributed by atoms with Crippen molar-refractivity contribution >= 4 is 0 Å². The van der Waals surface area contributed by atoms with Crippen molar-refractivity contribution in [1.82, 2.24) is 10.2 Å². The van der Waals surface area contributed by atoms with Crippen LogP contribution in [0, 0.1) is 0 Å². The predicted molar refractivity (Wildman–Crippen MR) is 41.1 cm³/mol. The van der Waals surface area contributed by atoms with Crippen LogP contribution in [0.15, 0.2) is 0 Å². The van der Waals surface area contributed by atoms with Gasteiger partial charge in [-0.05, 0) is 19.8 Å². The first kappa shape index (κ1) is 6.62. The van der Waals surface area contributed by atoms with Crippen molar-refractivity contribution in [1.29, 1.82) is 0 Å². The molecule has 1 aliphatic carbocycles. The van der Waals surface area contributed by atoms with Crippen LogP contribution >= 0.6 is 0 Å². The second-order valence-electron chi connectivity index (χ2n) is 3.48. The molecule has 0 bridgehead atoms. The number of hydrogen-bond acceptors (Lipinski definition) is 1. The molecule has 1 saturated carbocycles. The molecule has 57 valence electrons. The van der Waals surface area contributed by atoms with Gasteiger partial charge in [-0.3, -0.25) is 4.90 Å². The molecule has 2 rings (SSSR count). The summed E-state index contributed by atoms with van der Waals surface area (Å²) in [5.41, 5.74) is 0. The molecule has 1 aliphatic heterocycles. The quantitative estimate of drug-likeness (QED) is 0.516. The van der Waals surface area contributed by atoms with E-state index in [9.17, 15) is 0 Å². The number of nitrogens with zero attached hydrogens (tertiary/aromatic N) is 2. The van der Waals surface area contributed by atoms with Crippen LogP contribution in [-0.4, -0.2) is 36.6 Å². The van der Waals surface area contributed by atoms with Crippen molar-refractivity contribution in [2.45, 2.75) is 31.8 Å². The summed E-state index contributed by atoms with van der Waals surface area (Å²) in [5, 5.41) is 4.45. The molecule has 1 unspecified atom stereocenters. The van der Waals surface area contributed by atoms with E-state index in [2.05, 4.69) is 17.1 Å². The Morgan fingerprint density at radius 2 is 2.20 bits per heavy atom. The van der Waals surface area contributed by atoms with Gasteiger partial charge in [-0.2, -0.15) is 0 Å². The Labute approximate surface area is 62.6 Å². The number of rotatable bonds is 1. The fourth-order valence-corrected chi connectivity index (χ4v) is 1.67. The number of hydrogen-bond donors (Lipinski definition) is 0. The number of piperazine rings is 1. The Kier molecular flexibility index (Phi) is 1.66. The highest BCUT2D eigenvalue weighted by atomic mass is 15.2. The van der Waals surface area contributed by atoms with Crippen LogP contribution < -0.4 is 5.32 Å². The summed E-state index contributed by atoms with van der Waals surface area (Å²) >= 11 is 0. The lowest BCUT2D eigenvalue weighted by molar-refractivity contribution is 0.195. The fourth-order valence-electron chi connectivity index (χ4n) is 1.67. The zero-order valence-corrected chi connectivity index (χ0v) is 6.58. The molecular weight excluding hydrogens is 124 g/mol. The van der Waals surface area contributed by atoms with Crippen molar-refractivity contribution in [2.75, 3.05) is 19.6 Å². The molecule has 0 aromatic heterocycles. The molecule has 2 aliphatic rings. The Morgan fingerprint density at radius 1 is 1.40 bits per heavy atom. The second kappa shape index (κ2) is 2.51. The summed E-state index contributed by atoms with van der Waals surface area (Å²) in [5.74, 6) is 0. The van der Waals surface area contributed by atoms with Crippen molar-refractivity contribution in [2.24, 2.45) is 0 Å². The van der Waals surface area contributed by atoms with Gasteiger partial charge in [-0.1, -0.05) is 0 Å². The normalized spacial score (nSPS) is 36.3. The molecule has 0 aromatic rings. The standard InChI is InChI=1S/C8H15N2/c1-7-6-10(5-4-9-7)8-2-3-8/h7-8H,2-6H2,1H3. The van der Waals surface area contributed by atoms with E-state index in [-0.39, 0.29) is 0 Å². The first-order valence-electron chi connectivity index (χ1n) is 4.27. The van der Waals surface area contributed by atoms with E-state index in [4.69, 9.17) is 0 Å². The highest BCUT2D eigenvalue weighted by molar-refractivity contribution is 4.88. The zero-order valence-electron chi connectivity index (χ0n) is 6.58. The molecule has 0 spiro atoms. The van der Waals surface area contributed by atoms with E-state index in [1.807, 2.05) is 0 Å². The van der Waals surface area contributed by atoms with Crippen molar-refractivity contribution in [3.63, 3.8) is 0 Å². The van der Waals surface area contributed by atoms with E-state index in [1.54, 1.807) is 0 Å². The average molecular weight is 139 g/mol. The minimum absolute atomic E-state index is 0.592. The summed E-state index contributed by atoms with van der Waals surface area (Å²) in [6.07, 6.45) is 2.87. The Morgan fingerprint density at radius 3 is 2.80 bits per heavy atom. The van der Waals surface area contributed by atoms with Crippen LogP contribution in [0.2, 0.25) is 0 Å². The third-order valence-corrected chi connectivity index (χ3v) is 2.39. The highest BCUT2D eigenvalue weighted by Gasteiger charge is 2.31. The van der Waals surface area contributed by atoms with Crippen LogP contribution in [0.5, 0.6) is 0 Å². The largest absolute Gasteiger partial charge is 0.297 e. The van der Waals surface area contributed by atoms with Gasteiger partial charge in [0.15, 0.2) is 0 Å². The van der Waals surface area contributed by atoms with E-state index in [1.165, 1.54) is 25.9 Å². The van der Waals surface area contributed by atoms with Crippen LogP contribution in [0.1, 0.15) is 19.8 Å². The van der Waals surface area contributed by atoms with Crippen molar-refractivity contribution < 1.29 is 0 Å². The Hall–Kier alpha value is -0.0800. The molecule has 2 heteroatoms. The Balaban J connectivity index is 1.84. The molecule has 1 radical (unpaired) electrons. The molecule has 1 heterocycles. The third-order valence-electron chi connectivity index (χ3n) is 2.39. The molecule has 0 amide bonds. The lowest BCUT2D eigenvalue weighted by atomic mass is 10.2. The maximum atomic E-state index is 4.45. The summed E-state index contributed by atoms with van der Waals surface area (Å²) in [6.45, 7) is 5.71. The SMILES string of the molecule is CC1CN(C2CC2)CC[N]1. The monoisotopic (exact) mass is 139 g/mol. The second-order valence-corrected chi connectivity index (χ2v) is 3.48. The predicted octanol–water partition coefficient (Wildman–Crippen LogP) is 0.457. The lowest BCUT2D eigenvalue weighted by Crippen LogP contribution is -2.46. The van der Waals surface area contributed by atoms with Gasteiger partial charge < -0.3 is 0 Å². The van der Waals surface area contributed by atoms with Crippen LogP contribution in [-0.2, 0) is 0 Å².